The summed E-state index contributed by atoms with van der Waals surface area (Å²) in [6.45, 7) is 5.24. The molecule has 0 bridgehead atoms. The Kier molecular flexibility index (Phi) is 4.43. The molecule has 5 nitrogen and oxygen atoms in total. The highest BCUT2D eigenvalue weighted by molar-refractivity contribution is 7.91. The summed E-state index contributed by atoms with van der Waals surface area (Å²) in [4.78, 5) is 6.47. The van der Waals surface area contributed by atoms with Gasteiger partial charge in [-0.15, -0.1) is 0 Å². The molecule has 6 heteroatoms. The van der Waals surface area contributed by atoms with E-state index in [1.54, 1.807) is 31.2 Å². The Bertz CT molecular complexity index is 771. The molecule has 2 aromatic rings. The van der Waals surface area contributed by atoms with Gasteiger partial charge in [-0.05, 0) is 31.9 Å². The number of anilines is 1. The molecule has 0 radical (unpaired) electrons. The summed E-state index contributed by atoms with van der Waals surface area (Å²) < 4.78 is 31.6. The quantitative estimate of drug-likeness (QED) is 0.859. The molecule has 0 aliphatic carbocycles. The largest absolute Gasteiger partial charge is 0.424 e. The summed E-state index contributed by atoms with van der Waals surface area (Å²) >= 11 is 0. The van der Waals surface area contributed by atoms with Crippen LogP contribution in [0.4, 0.5) is 5.88 Å². The lowest BCUT2D eigenvalue weighted by molar-refractivity contribution is 0.504. The lowest BCUT2D eigenvalue weighted by Crippen LogP contribution is -2.25. The van der Waals surface area contributed by atoms with Crippen LogP contribution in [0.1, 0.15) is 37.1 Å². The van der Waals surface area contributed by atoms with Gasteiger partial charge in [0.1, 0.15) is 0 Å². The predicted molar refractivity (Wildman–Crippen MR) is 88.6 cm³/mol. The van der Waals surface area contributed by atoms with Crippen LogP contribution in [0.25, 0.3) is 0 Å². The first-order chi connectivity index (χ1) is 11.0. The summed E-state index contributed by atoms with van der Waals surface area (Å²) in [5.41, 5.74) is 1.02. The first kappa shape index (κ1) is 16.1. The molecule has 0 N–H and O–H groups in total. The van der Waals surface area contributed by atoms with Crippen molar-refractivity contribution in [2.24, 2.45) is 0 Å². The zero-order valence-electron chi connectivity index (χ0n) is 13.6. The Morgan fingerprint density at radius 3 is 2.22 bits per heavy atom. The first-order valence-corrected chi connectivity index (χ1v) is 9.51. The molecule has 1 aliphatic heterocycles. The van der Waals surface area contributed by atoms with E-state index in [0.29, 0.717) is 11.8 Å². The second-order valence-electron chi connectivity index (χ2n) is 6.06. The zero-order chi connectivity index (χ0) is 16.4. The topological polar surface area (TPSA) is 63.4 Å². The van der Waals surface area contributed by atoms with Gasteiger partial charge in [-0.25, -0.2) is 8.42 Å². The van der Waals surface area contributed by atoms with Gasteiger partial charge in [0.05, 0.1) is 4.90 Å². The molecule has 0 saturated carbocycles. The lowest BCUT2D eigenvalue weighted by atomic mass is 10.2. The highest BCUT2D eigenvalue weighted by Gasteiger charge is 2.30. The SMILES string of the molecule is Cc1ccc(S(=O)(=O)c2nc(C)oc2N2CCCCCC2)cc1. The van der Waals surface area contributed by atoms with E-state index in [1.165, 1.54) is 12.8 Å². The number of nitrogens with zero attached hydrogens (tertiary/aromatic N) is 2. The molecule has 1 saturated heterocycles. The van der Waals surface area contributed by atoms with Gasteiger partial charge in [0.25, 0.3) is 0 Å². The standard InChI is InChI=1S/C17H22N2O3S/c1-13-7-9-15(10-8-13)23(20,21)16-17(22-14(2)18-16)19-11-5-3-4-6-12-19/h7-10H,3-6,11-12H2,1-2H3. The third kappa shape index (κ3) is 3.27. The minimum absolute atomic E-state index is 0.0424. The fourth-order valence-electron chi connectivity index (χ4n) is 2.87. The molecule has 0 amide bonds. The lowest BCUT2D eigenvalue weighted by Gasteiger charge is -2.20. The fraction of sp³-hybridized carbons (Fsp3) is 0.471. The van der Waals surface area contributed by atoms with Crippen molar-refractivity contribution in [3.63, 3.8) is 0 Å². The summed E-state index contributed by atoms with van der Waals surface area (Å²) in [7, 11) is -3.67. The van der Waals surface area contributed by atoms with Crippen LogP contribution in [0.5, 0.6) is 0 Å². The second kappa shape index (κ2) is 6.35. The van der Waals surface area contributed by atoms with E-state index in [0.717, 1.165) is 31.5 Å². The van der Waals surface area contributed by atoms with E-state index in [1.807, 2.05) is 11.8 Å². The maximum absolute atomic E-state index is 13.0. The average Bonchev–Trinajstić information content (AvgIpc) is 2.74. The average molecular weight is 334 g/mol. The highest BCUT2D eigenvalue weighted by Crippen LogP contribution is 2.32. The number of oxazole rings is 1. The maximum Gasteiger partial charge on any atom is 0.236 e. The van der Waals surface area contributed by atoms with Gasteiger partial charge in [-0.1, -0.05) is 30.5 Å². The van der Waals surface area contributed by atoms with E-state index >= 15 is 0 Å². The van der Waals surface area contributed by atoms with Crippen LogP contribution in [-0.4, -0.2) is 26.5 Å². The van der Waals surface area contributed by atoms with E-state index in [9.17, 15) is 8.42 Å². The number of aryl methyl sites for hydroxylation is 2. The van der Waals surface area contributed by atoms with E-state index < -0.39 is 9.84 Å². The molecule has 124 valence electrons. The van der Waals surface area contributed by atoms with Crippen LogP contribution in [0.2, 0.25) is 0 Å². The number of benzene rings is 1. The molecule has 1 aromatic heterocycles. The summed E-state index contributed by atoms with van der Waals surface area (Å²) in [6, 6.07) is 6.85. The van der Waals surface area contributed by atoms with Crippen molar-refractivity contribution in [3.05, 3.63) is 35.7 Å². The van der Waals surface area contributed by atoms with Gasteiger partial charge in [0.15, 0.2) is 5.89 Å². The summed E-state index contributed by atoms with van der Waals surface area (Å²) in [5, 5.41) is 0.0424. The van der Waals surface area contributed by atoms with Gasteiger partial charge in [-0.2, -0.15) is 4.98 Å². The van der Waals surface area contributed by atoms with E-state index in [2.05, 4.69) is 4.98 Å². The molecule has 2 heterocycles. The Labute approximate surface area is 137 Å². The second-order valence-corrected chi connectivity index (χ2v) is 7.93. The van der Waals surface area contributed by atoms with Crippen LogP contribution < -0.4 is 4.90 Å². The summed E-state index contributed by atoms with van der Waals surface area (Å²) in [6.07, 6.45) is 4.43. The molecule has 0 spiro atoms. The number of aromatic nitrogens is 1. The van der Waals surface area contributed by atoms with Crippen molar-refractivity contribution in [1.29, 1.82) is 0 Å². The maximum atomic E-state index is 13.0. The smallest absolute Gasteiger partial charge is 0.236 e. The third-order valence-corrected chi connectivity index (χ3v) is 5.83. The normalized spacial score (nSPS) is 16.3. The van der Waals surface area contributed by atoms with Crippen LogP contribution in [-0.2, 0) is 9.84 Å². The van der Waals surface area contributed by atoms with E-state index in [4.69, 9.17) is 4.42 Å². The van der Waals surface area contributed by atoms with Gasteiger partial charge >= 0.3 is 0 Å². The number of hydrogen-bond acceptors (Lipinski definition) is 5. The molecule has 3 rings (SSSR count). The Morgan fingerprint density at radius 1 is 1.00 bits per heavy atom. The Hall–Kier alpha value is -1.82. The molecule has 0 atom stereocenters. The molecular weight excluding hydrogens is 312 g/mol. The molecule has 23 heavy (non-hydrogen) atoms. The van der Waals surface area contributed by atoms with Crippen molar-refractivity contribution in [2.45, 2.75) is 49.5 Å². The van der Waals surface area contributed by atoms with Crippen molar-refractivity contribution < 1.29 is 12.8 Å². The van der Waals surface area contributed by atoms with Crippen LogP contribution >= 0.6 is 0 Å². The van der Waals surface area contributed by atoms with Gasteiger partial charge in [0.2, 0.25) is 20.7 Å². The first-order valence-electron chi connectivity index (χ1n) is 8.02. The van der Waals surface area contributed by atoms with Crippen molar-refractivity contribution in [1.82, 2.24) is 4.98 Å². The highest BCUT2D eigenvalue weighted by atomic mass is 32.2. The van der Waals surface area contributed by atoms with Crippen LogP contribution in [0.15, 0.2) is 38.6 Å². The van der Waals surface area contributed by atoms with Crippen molar-refractivity contribution >= 4 is 15.7 Å². The molecular formula is C17H22N2O3S. The number of rotatable bonds is 3. The molecule has 0 unspecified atom stereocenters. The number of hydrogen-bond donors (Lipinski definition) is 0. The van der Waals surface area contributed by atoms with Crippen molar-refractivity contribution in [3.8, 4) is 0 Å². The fourth-order valence-corrected chi connectivity index (χ4v) is 4.24. The van der Waals surface area contributed by atoms with Crippen LogP contribution in [0, 0.1) is 13.8 Å². The third-order valence-electron chi connectivity index (χ3n) is 4.17. The molecule has 1 aliphatic rings. The Morgan fingerprint density at radius 2 is 1.61 bits per heavy atom. The van der Waals surface area contributed by atoms with Gasteiger partial charge < -0.3 is 9.32 Å². The molecule has 1 aromatic carbocycles. The molecule has 1 fully saturated rings. The number of sulfone groups is 1. The minimum atomic E-state index is -3.67. The Balaban J connectivity index is 2.03. The minimum Gasteiger partial charge on any atom is -0.424 e. The zero-order valence-corrected chi connectivity index (χ0v) is 14.4. The van der Waals surface area contributed by atoms with Gasteiger partial charge in [0, 0.05) is 20.0 Å². The summed E-state index contributed by atoms with van der Waals surface area (Å²) in [5.74, 6) is 0.778. The monoisotopic (exact) mass is 334 g/mol. The van der Waals surface area contributed by atoms with E-state index in [-0.39, 0.29) is 9.92 Å². The van der Waals surface area contributed by atoms with Crippen molar-refractivity contribution in [2.75, 3.05) is 18.0 Å². The van der Waals surface area contributed by atoms with Gasteiger partial charge in [-0.3, -0.25) is 0 Å². The predicted octanol–water partition coefficient (Wildman–Crippen LogP) is 3.50. The van der Waals surface area contributed by atoms with Crippen LogP contribution in [0.3, 0.4) is 0 Å².